The van der Waals surface area contributed by atoms with Crippen molar-refractivity contribution in [3.63, 3.8) is 0 Å². The Morgan fingerprint density at radius 2 is 1.27 bits per heavy atom. The van der Waals surface area contributed by atoms with E-state index in [9.17, 15) is 4.79 Å². The van der Waals surface area contributed by atoms with E-state index in [2.05, 4.69) is 21.3 Å². The molecule has 0 aliphatic heterocycles. The summed E-state index contributed by atoms with van der Waals surface area (Å²) < 4.78 is 0. The van der Waals surface area contributed by atoms with Crippen molar-refractivity contribution < 1.29 is 4.79 Å². The second-order valence-corrected chi connectivity index (χ2v) is 4.90. The van der Waals surface area contributed by atoms with Crippen LogP contribution in [-0.4, -0.2) is 24.2 Å². The topological polar surface area (TPSA) is 65.2 Å². The fourth-order valence-corrected chi connectivity index (χ4v) is 1.97. The third-order valence-corrected chi connectivity index (χ3v) is 3.01. The van der Waals surface area contributed by atoms with Gasteiger partial charge in [-0.1, -0.05) is 36.4 Å². The number of benzene rings is 2. The molecule has 2 rings (SSSR count). The summed E-state index contributed by atoms with van der Waals surface area (Å²) in [6.07, 6.45) is 0. The third kappa shape index (κ3) is 5.80. The average molecular weight is 314 g/mol. The molecule has 0 radical (unpaired) electrons. The third-order valence-electron chi connectivity index (χ3n) is 2.76. The molecule has 2 aromatic carbocycles. The van der Waals surface area contributed by atoms with Gasteiger partial charge in [-0.2, -0.15) is 0 Å². The highest BCUT2D eigenvalue weighted by Crippen LogP contribution is 2.04. The van der Waals surface area contributed by atoms with Crippen molar-refractivity contribution >= 4 is 34.7 Å². The number of rotatable bonds is 5. The van der Waals surface area contributed by atoms with Gasteiger partial charge in [-0.25, -0.2) is 4.79 Å². The van der Waals surface area contributed by atoms with Crippen LogP contribution < -0.4 is 21.3 Å². The quantitative estimate of drug-likeness (QED) is 0.506. The van der Waals surface area contributed by atoms with Crippen LogP contribution in [0.1, 0.15) is 0 Å². The first-order valence-corrected chi connectivity index (χ1v) is 7.34. The number of anilines is 2. The number of nitrogens with one attached hydrogen (secondary N) is 4. The maximum atomic E-state index is 11.6. The molecule has 0 unspecified atom stereocenters. The lowest BCUT2D eigenvalue weighted by molar-refractivity contribution is 0.252. The first-order valence-electron chi connectivity index (χ1n) is 6.94. The molecule has 0 aromatic heterocycles. The van der Waals surface area contributed by atoms with Gasteiger partial charge in [0.2, 0.25) is 0 Å². The summed E-state index contributed by atoms with van der Waals surface area (Å²) in [5, 5.41) is 12.1. The van der Waals surface area contributed by atoms with Crippen LogP contribution in [0.4, 0.5) is 16.2 Å². The molecule has 22 heavy (non-hydrogen) atoms. The molecule has 0 heterocycles. The highest BCUT2D eigenvalue weighted by molar-refractivity contribution is 7.80. The molecule has 0 atom stereocenters. The summed E-state index contributed by atoms with van der Waals surface area (Å²) in [5.41, 5.74) is 1.68. The first-order chi connectivity index (χ1) is 10.7. The van der Waals surface area contributed by atoms with Crippen molar-refractivity contribution in [2.45, 2.75) is 0 Å². The molecule has 0 aliphatic carbocycles. The molecule has 0 bridgehead atoms. The molecule has 0 saturated heterocycles. The summed E-state index contributed by atoms with van der Waals surface area (Å²) in [4.78, 5) is 11.6. The Balaban J connectivity index is 1.60. The van der Waals surface area contributed by atoms with Crippen LogP contribution in [0.15, 0.2) is 60.7 Å². The number of carbonyl (C=O) groups excluding carboxylic acids is 1. The highest BCUT2D eigenvalue weighted by Gasteiger charge is 2.00. The Hall–Kier alpha value is -2.60. The van der Waals surface area contributed by atoms with Crippen molar-refractivity contribution in [1.29, 1.82) is 0 Å². The zero-order valence-electron chi connectivity index (χ0n) is 12.0. The Morgan fingerprint density at radius 3 is 1.86 bits per heavy atom. The lowest BCUT2D eigenvalue weighted by Crippen LogP contribution is -2.38. The standard InChI is InChI=1S/C16H18N4OS/c21-15(19-13-7-3-1-4-8-13)17-11-12-18-16(22)20-14-9-5-2-6-10-14/h1-10H,11-12H2,(H2,17,19,21)(H2,18,20,22). The predicted molar refractivity (Wildman–Crippen MR) is 94.1 cm³/mol. The molecule has 114 valence electrons. The molecule has 6 heteroatoms. The van der Waals surface area contributed by atoms with E-state index in [1.807, 2.05) is 60.7 Å². The van der Waals surface area contributed by atoms with Gasteiger partial charge in [-0.05, 0) is 36.5 Å². The lowest BCUT2D eigenvalue weighted by atomic mass is 10.3. The van der Waals surface area contributed by atoms with Gasteiger partial charge in [0.15, 0.2) is 5.11 Å². The van der Waals surface area contributed by atoms with E-state index in [4.69, 9.17) is 12.2 Å². The van der Waals surface area contributed by atoms with Crippen LogP contribution in [0, 0.1) is 0 Å². The van der Waals surface area contributed by atoms with Gasteiger partial charge < -0.3 is 21.3 Å². The maximum Gasteiger partial charge on any atom is 0.319 e. The first kappa shape index (κ1) is 15.8. The van der Waals surface area contributed by atoms with Crippen molar-refractivity contribution in [2.75, 3.05) is 23.7 Å². The number of thiocarbonyl (C=S) groups is 1. The van der Waals surface area contributed by atoms with E-state index in [0.717, 1.165) is 11.4 Å². The molecule has 0 spiro atoms. The minimum atomic E-state index is -0.241. The van der Waals surface area contributed by atoms with E-state index in [0.29, 0.717) is 18.2 Å². The summed E-state index contributed by atoms with van der Waals surface area (Å²) in [5.74, 6) is 0. The van der Waals surface area contributed by atoms with Gasteiger partial charge in [-0.15, -0.1) is 0 Å². The predicted octanol–water partition coefficient (Wildman–Crippen LogP) is 2.79. The fraction of sp³-hybridized carbons (Fsp3) is 0.125. The summed E-state index contributed by atoms with van der Waals surface area (Å²) in [6, 6.07) is 18.7. The maximum absolute atomic E-state index is 11.6. The Morgan fingerprint density at radius 1 is 0.773 bits per heavy atom. The van der Waals surface area contributed by atoms with Crippen LogP contribution in [-0.2, 0) is 0 Å². The van der Waals surface area contributed by atoms with Crippen LogP contribution in [0.3, 0.4) is 0 Å². The molecule has 4 N–H and O–H groups in total. The van der Waals surface area contributed by atoms with Gasteiger partial charge in [0.1, 0.15) is 0 Å². The summed E-state index contributed by atoms with van der Waals surface area (Å²) in [6.45, 7) is 1.01. The minimum absolute atomic E-state index is 0.241. The van der Waals surface area contributed by atoms with Crippen molar-refractivity contribution in [3.8, 4) is 0 Å². The molecule has 0 aliphatic rings. The van der Waals surface area contributed by atoms with Gasteiger partial charge in [0.05, 0.1) is 0 Å². The minimum Gasteiger partial charge on any atom is -0.361 e. The van der Waals surface area contributed by atoms with Gasteiger partial charge >= 0.3 is 6.03 Å². The monoisotopic (exact) mass is 314 g/mol. The number of carbonyl (C=O) groups is 1. The average Bonchev–Trinajstić information content (AvgIpc) is 2.53. The zero-order chi connectivity index (χ0) is 15.6. The fourth-order valence-electron chi connectivity index (χ4n) is 1.75. The SMILES string of the molecule is O=C(NCCNC(=S)Nc1ccccc1)Nc1ccccc1. The molecule has 2 amide bonds. The summed E-state index contributed by atoms with van der Waals surface area (Å²) in [7, 11) is 0. The normalized spacial score (nSPS) is 9.64. The second-order valence-electron chi connectivity index (χ2n) is 4.49. The largest absolute Gasteiger partial charge is 0.361 e. The zero-order valence-corrected chi connectivity index (χ0v) is 12.8. The van der Waals surface area contributed by atoms with Crippen LogP contribution in [0.2, 0.25) is 0 Å². The van der Waals surface area contributed by atoms with E-state index >= 15 is 0 Å². The van der Waals surface area contributed by atoms with E-state index in [1.165, 1.54) is 0 Å². The van der Waals surface area contributed by atoms with E-state index in [1.54, 1.807) is 0 Å². The number of hydrogen-bond donors (Lipinski definition) is 4. The number of amides is 2. The van der Waals surface area contributed by atoms with Crippen molar-refractivity contribution in [1.82, 2.24) is 10.6 Å². The molecule has 0 saturated carbocycles. The molecule has 2 aromatic rings. The lowest BCUT2D eigenvalue weighted by Gasteiger charge is -2.11. The smallest absolute Gasteiger partial charge is 0.319 e. The van der Waals surface area contributed by atoms with Crippen molar-refractivity contribution in [2.24, 2.45) is 0 Å². The Bertz CT molecular complexity index is 549. The Kier molecular flexibility index (Phi) is 6.19. The molecular formula is C16H18N4OS. The Labute approximate surface area is 135 Å². The number of hydrogen-bond acceptors (Lipinski definition) is 2. The van der Waals surface area contributed by atoms with Gasteiger partial charge in [0, 0.05) is 24.5 Å². The van der Waals surface area contributed by atoms with E-state index in [-0.39, 0.29) is 6.03 Å². The van der Waals surface area contributed by atoms with Crippen LogP contribution in [0.25, 0.3) is 0 Å². The van der Waals surface area contributed by atoms with E-state index < -0.39 is 0 Å². The number of para-hydroxylation sites is 2. The van der Waals surface area contributed by atoms with Crippen LogP contribution >= 0.6 is 12.2 Å². The molecule has 0 fully saturated rings. The van der Waals surface area contributed by atoms with Crippen molar-refractivity contribution in [3.05, 3.63) is 60.7 Å². The summed E-state index contributed by atoms with van der Waals surface area (Å²) >= 11 is 5.17. The van der Waals surface area contributed by atoms with Crippen LogP contribution in [0.5, 0.6) is 0 Å². The van der Waals surface area contributed by atoms with Gasteiger partial charge in [0.25, 0.3) is 0 Å². The molecule has 5 nitrogen and oxygen atoms in total. The van der Waals surface area contributed by atoms with Gasteiger partial charge in [-0.3, -0.25) is 0 Å². The molecular weight excluding hydrogens is 296 g/mol. The second kappa shape index (κ2) is 8.63. The highest BCUT2D eigenvalue weighted by atomic mass is 32.1. The number of urea groups is 1.